The van der Waals surface area contributed by atoms with Gasteiger partial charge in [0.25, 0.3) is 5.91 Å². The summed E-state index contributed by atoms with van der Waals surface area (Å²) >= 11 is 0. The van der Waals surface area contributed by atoms with Crippen LogP contribution >= 0.6 is 0 Å². The van der Waals surface area contributed by atoms with Crippen molar-refractivity contribution >= 4 is 11.9 Å². The second kappa shape index (κ2) is 5.43. The number of aliphatic imine (C=N–C) groups is 1. The van der Waals surface area contributed by atoms with E-state index in [1.165, 1.54) is 4.90 Å². The first-order chi connectivity index (χ1) is 11.0. The van der Waals surface area contributed by atoms with Gasteiger partial charge in [-0.15, -0.1) is 0 Å². The first-order valence-corrected chi connectivity index (χ1v) is 7.34. The summed E-state index contributed by atoms with van der Waals surface area (Å²) in [6.07, 6.45) is 0. The zero-order valence-corrected chi connectivity index (χ0v) is 13.4. The van der Waals surface area contributed by atoms with Gasteiger partial charge < -0.3 is 10.5 Å². The summed E-state index contributed by atoms with van der Waals surface area (Å²) < 4.78 is 5.27. The Morgan fingerprint density at radius 3 is 2.39 bits per heavy atom. The molecule has 2 aromatic carbocycles. The van der Waals surface area contributed by atoms with E-state index in [9.17, 15) is 4.79 Å². The van der Waals surface area contributed by atoms with Gasteiger partial charge in [-0.25, -0.2) is 4.99 Å². The average molecular weight is 309 g/mol. The van der Waals surface area contributed by atoms with Gasteiger partial charge in [-0.1, -0.05) is 30.3 Å². The van der Waals surface area contributed by atoms with Crippen molar-refractivity contribution in [1.29, 1.82) is 0 Å². The van der Waals surface area contributed by atoms with Crippen molar-refractivity contribution in [3.63, 3.8) is 0 Å². The minimum absolute atomic E-state index is 0.127. The Balaban J connectivity index is 2.05. The van der Waals surface area contributed by atoms with Gasteiger partial charge in [-0.2, -0.15) is 0 Å². The lowest BCUT2D eigenvalue weighted by Gasteiger charge is -2.21. The zero-order valence-electron chi connectivity index (χ0n) is 13.4. The maximum atomic E-state index is 12.5. The molecule has 2 N–H and O–H groups in total. The van der Waals surface area contributed by atoms with Crippen molar-refractivity contribution in [1.82, 2.24) is 4.90 Å². The van der Waals surface area contributed by atoms with Crippen molar-refractivity contribution in [3.05, 3.63) is 54.1 Å². The number of hydrogen-bond acceptors (Lipinski definition) is 4. The Labute approximate surface area is 135 Å². The maximum absolute atomic E-state index is 12.5. The van der Waals surface area contributed by atoms with Crippen LogP contribution in [-0.2, 0) is 10.3 Å². The van der Waals surface area contributed by atoms with Crippen LogP contribution in [0.25, 0.3) is 11.1 Å². The summed E-state index contributed by atoms with van der Waals surface area (Å²) in [5.74, 6) is 0.903. The zero-order chi connectivity index (χ0) is 16.6. The molecular formula is C18H19N3O2. The quantitative estimate of drug-likeness (QED) is 0.946. The van der Waals surface area contributed by atoms with E-state index in [0.29, 0.717) is 0 Å². The monoisotopic (exact) mass is 309 g/mol. The Morgan fingerprint density at radius 2 is 1.78 bits per heavy atom. The number of amides is 1. The molecular weight excluding hydrogens is 290 g/mol. The van der Waals surface area contributed by atoms with E-state index in [2.05, 4.69) is 4.99 Å². The van der Waals surface area contributed by atoms with Crippen molar-refractivity contribution < 1.29 is 9.53 Å². The van der Waals surface area contributed by atoms with Crippen LogP contribution in [-0.4, -0.2) is 30.9 Å². The van der Waals surface area contributed by atoms with Gasteiger partial charge in [-0.3, -0.25) is 9.69 Å². The molecule has 1 heterocycles. The molecule has 5 nitrogen and oxygen atoms in total. The third-order valence-corrected chi connectivity index (χ3v) is 4.23. The molecule has 0 unspecified atom stereocenters. The molecule has 118 valence electrons. The van der Waals surface area contributed by atoms with E-state index >= 15 is 0 Å². The van der Waals surface area contributed by atoms with Crippen molar-refractivity contribution in [3.8, 4) is 16.9 Å². The summed E-state index contributed by atoms with van der Waals surface area (Å²) in [6.45, 7) is 1.79. The number of methoxy groups -OCH3 is 1. The Bertz CT molecular complexity index is 800. The maximum Gasteiger partial charge on any atom is 0.261 e. The molecule has 1 aliphatic rings. The molecule has 0 radical (unpaired) electrons. The number of guanidine groups is 1. The lowest BCUT2D eigenvalue weighted by molar-refractivity contribution is -0.130. The van der Waals surface area contributed by atoms with E-state index < -0.39 is 5.54 Å². The molecule has 2 aromatic rings. The molecule has 0 aliphatic carbocycles. The number of ether oxygens (including phenoxy) is 1. The molecule has 0 saturated carbocycles. The number of carbonyl (C=O) groups is 1. The van der Waals surface area contributed by atoms with Crippen LogP contribution in [0.2, 0.25) is 0 Å². The van der Waals surface area contributed by atoms with E-state index in [0.717, 1.165) is 22.4 Å². The highest BCUT2D eigenvalue weighted by atomic mass is 16.5. The number of nitrogens with zero attached hydrogens (tertiary/aromatic N) is 2. The van der Waals surface area contributed by atoms with Crippen molar-refractivity contribution in [2.75, 3.05) is 14.2 Å². The smallest absolute Gasteiger partial charge is 0.261 e. The number of likely N-dealkylation sites (N-methyl/N-ethyl adjacent to an activating group) is 1. The second-order valence-electron chi connectivity index (χ2n) is 5.72. The molecule has 3 rings (SSSR count). The highest BCUT2D eigenvalue weighted by Gasteiger charge is 2.43. The van der Waals surface area contributed by atoms with Crippen LogP contribution < -0.4 is 10.5 Å². The SMILES string of the molecule is COc1cccc(-c2cccc([C@]3(C)N=C(N)N(C)C3=O)c2)c1. The van der Waals surface area contributed by atoms with Gasteiger partial charge in [0.05, 0.1) is 7.11 Å². The van der Waals surface area contributed by atoms with Crippen LogP contribution in [0, 0.1) is 0 Å². The van der Waals surface area contributed by atoms with Crippen LogP contribution in [0.15, 0.2) is 53.5 Å². The number of benzene rings is 2. The van der Waals surface area contributed by atoms with Crippen molar-refractivity contribution in [2.45, 2.75) is 12.5 Å². The Hall–Kier alpha value is -2.82. The molecule has 0 aromatic heterocycles. The topological polar surface area (TPSA) is 67.9 Å². The third kappa shape index (κ3) is 2.44. The third-order valence-electron chi connectivity index (χ3n) is 4.23. The molecule has 1 amide bonds. The minimum atomic E-state index is -0.978. The van der Waals surface area contributed by atoms with Crippen LogP contribution in [0.3, 0.4) is 0 Å². The predicted octanol–water partition coefficient (Wildman–Crippen LogP) is 2.36. The summed E-state index contributed by atoms with van der Waals surface area (Å²) in [4.78, 5) is 18.3. The summed E-state index contributed by atoms with van der Waals surface area (Å²) in [5.41, 5.74) is 7.66. The van der Waals surface area contributed by atoms with Gasteiger partial charge in [0.2, 0.25) is 0 Å². The first kappa shape index (κ1) is 15.1. The number of carbonyl (C=O) groups excluding carboxylic acids is 1. The van der Waals surface area contributed by atoms with Gasteiger partial charge in [0, 0.05) is 7.05 Å². The first-order valence-electron chi connectivity index (χ1n) is 7.34. The van der Waals surface area contributed by atoms with Crippen LogP contribution in [0.5, 0.6) is 5.75 Å². The second-order valence-corrected chi connectivity index (χ2v) is 5.72. The summed E-state index contributed by atoms with van der Waals surface area (Å²) in [6, 6.07) is 15.6. The van der Waals surface area contributed by atoms with E-state index in [4.69, 9.17) is 10.5 Å². The fraction of sp³-hybridized carbons (Fsp3) is 0.222. The number of rotatable bonds is 3. The number of nitrogens with two attached hydrogens (primary N) is 1. The lowest BCUT2D eigenvalue weighted by Crippen LogP contribution is -2.38. The van der Waals surface area contributed by atoms with Crippen LogP contribution in [0.4, 0.5) is 0 Å². The summed E-state index contributed by atoms with van der Waals surface area (Å²) in [7, 11) is 3.28. The Kier molecular flexibility index (Phi) is 3.56. The molecule has 0 fully saturated rings. The van der Waals surface area contributed by atoms with Crippen LogP contribution in [0.1, 0.15) is 12.5 Å². The standard InChI is InChI=1S/C18H19N3O2/c1-18(16(22)21(2)17(19)20-18)14-8-4-6-12(10-14)13-7-5-9-15(11-13)23-3/h4-11H,1-3H3,(H2,19,20)/t18-/m0/s1. The Morgan fingerprint density at radius 1 is 1.13 bits per heavy atom. The van der Waals surface area contributed by atoms with E-state index in [1.807, 2.05) is 48.5 Å². The molecule has 1 aliphatic heterocycles. The van der Waals surface area contributed by atoms with E-state index in [1.54, 1.807) is 21.1 Å². The molecule has 0 bridgehead atoms. The highest BCUT2D eigenvalue weighted by molar-refractivity contribution is 6.06. The van der Waals surface area contributed by atoms with Gasteiger partial charge >= 0.3 is 0 Å². The average Bonchev–Trinajstić information content (AvgIpc) is 2.79. The van der Waals surface area contributed by atoms with Gasteiger partial charge in [0.1, 0.15) is 5.75 Å². The van der Waals surface area contributed by atoms with Gasteiger partial charge in [0.15, 0.2) is 11.5 Å². The molecule has 0 spiro atoms. The van der Waals surface area contributed by atoms with E-state index in [-0.39, 0.29) is 11.9 Å². The van der Waals surface area contributed by atoms with Crippen molar-refractivity contribution in [2.24, 2.45) is 10.7 Å². The highest BCUT2D eigenvalue weighted by Crippen LogP contribution is 2.34. The van der Waals surface area contributed by atoms with Gasteiger partial charge in [-0.05, 0) is 41.8 Å². The predicted molar refractivity (Wildman–Crippen MR) is 90.2 cm³/mol. The fourth-order valence-corrected chi connectivity index (χ4v) is 2.77. The minimum Gasteiger partial charge on any atom is -0.497 e. The largest absolute Gasteiger partial charge is 0.497 e. The molecule has 5 heteroatoms. The lowest BCUT2D eigenvalue weighted by atomic mass is 9.89. The summed E-state index contributed by atoms with van der Waals surface area (Å²) in [5, 5.41) is 0. The fourth-order valence-electron chi connectivity index (χ4n) is 2.77. The molecule has 0 saturated heterocycles. The normalized spacial score (nSPS) is 20.6. The molecule has 1 atom stereocenters. The number of hydrogen-bond donors (Lipinski definition) is 1. The molecule has 23 heavy (non-hydrogen) atoms.